The Labute approximate surface area is 168 Å². The smallest absolute Gasteiger partial charge is 0.103 e. The van der Waals surface area contributed by atoms with Crippen LogP contribution in [-0.2, 0) is 4.74 Å². The molecule has 0 saturated carbocycles. The third-order valence-electron chi connectivity index (χ3n) is 6.00. The van der Waals surface area contributed by atoms with Crippen molar-refractivity contribution in [1.82, 2.24) is 0 Å². The Hall–Kier alpha value is -1.08. The highest BCUT2D eigenvalue weighted by molar-refractivity contribution is 5.47. The summed E-state index contributed by atoms with van der Waals surface area (Å²) in [6.07, 6.45) is 13.8. The van der Waals surface area contributed by atoms with E-state index >= 15 is 0 Å². The van der Waals surface area contributed by atoms with E-state index in [1.807, 2.05) is 0 Å². The number of ether oxygens (including phenoxy) is 1. The van der Waals surface area contributed by atoms with Crippen LogP contribution in [0.5, 0.6) is 0 Å². The largest absolute Gasteiger partial charge is 0.364 e. The topological polar surface area (TPSA) is 9.23 Å². The van der Waals surface area contributed by atoms with Crippen LogP contribution in [-0.4, -0.2) is 11.2 Å². The molecule has 152 valence electrons. The summed E-state index contributed by atoms with van der Waals surface area (Å²) in [7, 11) is 0. The first-order chi connectivity index (χ1) is 12.0. The van der Waals surface area contributed by atoms with Gasteiger partial charge >= 0.3 is 0 Å². The van der Waals surface area contributed by atoms with Crippen molar-refractivity contribution in [3.05, 3.63) is 47.1 Å². The van der Waals surface area contributed by atoms with Gasteiger partial charge in [0.1, 0.15) is 5.60 Å². The van der Waals surface area contributed by atoms with Crippen molar-refractivity contribution in [3.8, 4) is 0 Å². The van der Waals surface area contributed by atoms with Gasteiger partial charge in [0.05, 0.1) is 5.60 Å². The van der Waals surface area contributed by atoms with Crippen LogP contribution in [0.15, 0.2) is 47.1 Å². The maximum Gasteiger partial charge on any atom is 0.103 e. The molecule has 0 aromatic heterocycles. The molecule has 0 amide bonds. The third kappa shape index (κ3) is 4.34. The molecular weight excluding hydrogens is 328 g/mol. The first-order valence-corrected chi connectivity index (χ1v) is 10.5. The Morgan fingerprint density at radius 2 is 1.37 bits per heavy atom. The number of hydrogen-bond donors (Lipinski definition) is 0. The van der Waals surface area contributed by atoms with Gasteiger partial charge in [0, 0.05) is 5.41 Å². The Bertz CT molecular complexity index is 690. The van der Waals surface area contributed by atoms with Gasteiger partial charge in [0.25, 0.3) is 0 Å². The number of hydrogen-bond acceptors (Lipinski definition) is 1. The van der Waals surface area contributed by atoms with E-state index in [0.29, 0.717) is 0 Å². The van der Waals surface area contributed by atoms with Crippen LogP contribution in [0, 0.1) is 16.2 Å². The van der Waals surface area contributed by atoms with E-state index in [1.54, 1.807) is 0 Å². The van der Waals surface area contributed by atoms with Crippen molar-refractivity contribution in [2.45, 2.75) is 100 Å². The summed E-state index contributed by atoms with van der Waals surface area (Å²) in [4.78, 5) is 0. The minimum atomic E-state index is -0.362. The van der Waals surface area contributed by atoms with E-state index < -0.39 is 0 Å². The first kappa shape index (κ1) is 22.2. The minimum absolute atomic E-state index is 0.0240. The molecule has 0 fully saturated rings. The van der Waals surface area contributed by atoms with Crippen LogP contribution < -0.4 is 0 Å². The molecule has 2 rings (SSSR count). The molecule has 0 radical (unpaired) electrons. The summed E-state index contributed by atoms with van der Waals surface area (Å²) in [6.45, 7) is 25.2. The molecule has 0 aromatic carbocycles. The van der Waals surface area contributed by atoms with Crippen molar-refractivity contribution < 1.29 is 4.74 Å². The highest BCUT2D eigenvalue weighted by atomic mass is 16.5. The van der Waals surface area contributed by atoms with Crippen LogP contribution in [0.3, 0.4) is 0 Å². The second-order valence-electron chi connectivity index (χ2n) is 11.9. The second kappa shape index (κ2) is 6.76. The Morgan fingerprint density at radius 3 is 1.78 bits per heavy atom. The molecule has 0 spiro atoms. The van der Waals surface area contributed by atoms with Crippen LogP contribution >= 0.6 is 0 Å². The van der Waals surface area contributed by atoms with Crippen LogP contribution in [0.2, 0.25) is 0 Å². The average molecular weight is 371 g/mol. The summed E-state index contributed by atoms with van der Waals surface area (Å²) >= 11 is 0. The van der Waals surface area contributed by atoms with Gasteiger partial charge in [0.2, 0.25) is 0 Å². The zero-order chi connectivity index (χ0) is 20.9. The van der Waals surface area contributed by atoms with Gasteiger partial charge in [-0.25, -0.2) is 0 Å². The number of rotatable bonds is 3. The van der Waals surface area contributed by atoms with Crippen LogP contribution in [0.25, 0.3) is 0 Å². The summed E-state index contributed by atoms with van der Waals surface area (Å²) in [6, 6.07) is 0. The molecule has 0 N–H and O–H groups in total. The van der Waals surface area contributed by atoms with Gasteiger partial charge in [-0.2, -0.15) is 0 Å². The molecule has 1 atom stereocenters. The monoisotopic (exact) mass is 370 g/mol. The van der Waals surface area contributed by atoms with E-state index in [9.17, 15) is 0 Å². The molecule has 1 nitrogen and oxygen atoms in total. The molecule has 27 heavy (non-hydrogen) atoms. The summed E-state index contributed by atoms with van der Waals surface area (Å²) in [5.41, 5.74) is 3.70. The minimum Gasteiger partial charge on any atom is -0.364 e. The van der Waals surface area contributed by atoms with Gasteiger partial charge in [0.15, 0.2) is 0 Å². The van der Waals surface area contributed by atoms with Gasteiger partial charge in [-0.1, -0.05) is 85.8 Å². The fraction of sp³-hybridized carbons (Fsp3) is 0.692. The van der Waals surface area contributed by atoms with Gasteiger partial charge in [-0.05, 0) is 61.2 Å². The van der Waals surface area contributed by atoms with Crippen molar-refractivity contribution in [2.75, 3.05) is 0 Å². The van der Waals surface area contributed by atoms with E-state index in [2.05, 4.69) is 107 Å². The highest BCUT2D eigenvalue weighted by Crippen LogP contribution is 2.57. The SMILES string of the molecule is CC(C)(C)OC1(C(C)(C)C2=CCC=C2)CC=C(C(C)(C)C)C=C1C(C)(C)C. The Balaban J connectivity index is 2.74. The van der Waals surface area contributed by atoms with Gasteiger partial charge < -0.3 is 4.74 Å². The normalized spacial score (nSPS) is 24.6. The summed E-state index contributed by atoms with van der Waals surface area (Å²) < 4.78 is 7.06. The molecular formula is C26H42O. The van der Waals surface area contributed by atoms with Crippen molar-refractivity contribution >= 4 is 0 Å². The Morgan fingerprint density at radius 1 is 0.778 bits per heavy atom. The van der Waals surface area contributed by atoms with Crippen molar-refractivity contribution in [3.63, 3.8) is 0 Å². The number of allylic oxidation sites excluding steroid dienone is 5. The fourth-order valence-electron chi connectivity index (χ4n) is 4.53. The molecule has 0 saturated heterocycles. The van der Waals surface area contributed by atoms with E-state index in [1.165, 1.54) is 16.7 Å². The second-order valence-corrected chi connectivity index (χ2v) is 11.9. The third-order valence-corrected chi connectivity index (χ3v) is 6.00. The lowest BCUT2D eigenvalue weighted by Crippen LogP contribution is -2.56. The van der Waals surface area contributed by atoms with E-state index in [4.69, 9.17) is 4.74 Å². The Kier molecular flexibility index (Phi) is 5.56. The molecule has 1 heteroatoms. The lowest BCUT2D eigenvalue weighted by atomic mass is 9.57. The predicted molar refractivity (Wildman–Crippen MR) is 119 cm³/mol. The van der Waals surface area contributed by atoms with Crippen molar-refractivity contribution in [1.29, 1.82) is 0 Å². The zero-order valence-corrected chi connectivity index (χ0v) is 19.7. The molecule has 0 aromatic rings. The summed E-state index contributed by atoms with van der Waals surface area (Å²) in [5, 5.41) is 0. The quantitative estimate of drug-likeness (QED) is 0.492. The first-order valence-electron chi connectivity index (χ1n) is 10.5. The molecule has 2 aliphatic carbocycles. The fourth-order valence-corrected chi connectivity index (χ4v) is 4.53. The van der Waals surface area contributed by atoms with Gasteiger partial charge in [-0.3, -0.25) is 0 Å². The lowest BCUT2D eigenvalue weighted by molar-refractivity contribution is -0.161. The van der Waals surface area contributed by atoms with Crippen LogP contribution in [0.1, 0.15) is 89.0 Å². The molecule has 0 heterocycles. The molecule has 0 bridgehead atoms. The maximum atomic E-state index is 7.06. The zero-order valence-electron chi connectivity index (χ0n) is 19.7. The molecule has 2 aliphatic rings. The molecule has 1 unspecified atom stereocenters. The maximum absolute atomic E-state index is 7.06. The predicted octanol–water partition coefficient (Wildman–Crippen LogP) is 7.80. The highest BCUT2D eigenvalue weighted by Gasteiger charge is 2.55. The molecule has 0 aliphatic heterocycles. The van der Waals surface area contributed by atoms with E-state index in [-0.39, 0.29) is 27.4 Å². The standard InChI is InChI=1S/C26H42O/c1-22(2,3)20-16-17-26(27-24(7,8)9,21(18-20)23(4,5)6)25(10,11)19-14-12-13-15-19/h12,14-16,18H,13,17H2,1-11H3. The lowest BCUT2D eigenvalue weighted by Gasteiger charge is -2.56. The van der Waals surface area contributed by atoms with Crippen LogP contribution in [0.4, 0.5) is 0 Å². The summed E-state index contributed by atoms with van der Waals surface area (Å²) in [5.74, 6) is 0. The van der Waals surface area contributed by atoms with E-state index in [0.717, 1.165) is 12.8 Å². The van der Waals surface area contributed by atoms with Gasteiger partial charge in [-0.15, -0.1) is 0 Å². The van der Waals surface area contributed by atoms with Crippen molar-refractivity contribution in [2.24, 2.45) is 16.2 Å². The average Bonchev–Trinajstić information content (AvgIpc) is 2.97.